The summed E-state index contributed by atoms with van der Waals surface area (Å²) in [6, 6.07) is 4.98. The standard InChI is InChI=1S/C15H17N5O4/c1-2-24-15(21)12(9-16)11-18-5-7-19(8-6-18)14-4-3-13(10-17-14)20(22)23/h3-4,10-11H,2,5-8H2,1H3/p+1/b12-11+. The molecule has 0 bridgehead atoms. The summed E-state index contributed by atoms with van der Waals surface area (Å²) >= 11 is 0. The normalized spacial score (nSPS) is 14.9. The summed E-state index contributed by atoms with van der Waals surface area (Å²) in [5, 5.41) is 19.7. The number of hydrogen-bond donors (Lipinski definition) is 0. The van der Waals surface area contributed by atoms with Gasteiger partial charge in [-0.2, -0.15) is 5.26 Å². The second-order valence-electron chi connectivity index (χ2n) is 5.09. The molecular formula is C15H18N5O4+. The molecule has 0 unspecified atom stereocenters. The summed E-state index contributed by atoms with van der Waals surface area (Å²) in [5.41, 5.74) is -0.0133. The molecule has 0 aliphatic carbocycles. The van der Waals surface area contributed by atoms with Crippen molar-refractivity contribution in [3.8, 4) is 6.07 Å². The highest BCUT2D eigenvalue weighted by Gasteiger charge is 2.24. The molecular weight excluding hydrogens is 314 g/mol. The van der Waals surface area contributed by atoms with Crippen LogP contribution < -0.4 is 9.88 Å². The first-order valence-electron chi connectivity index (χ1n) is 7.49. The number of nitro groups is 1. The molecule has 9 heteroatoms. The summed E-state index contributed by atoms with van der Waals surface area (Å²) in [6.07, 6.45) is 2.88. The van der Waals surface area contributed by atoms with Crippen molar-refractivity contribution in [3.05, 3.63) is 40.2 Å². The highest BCUT2D eigenvalue weighted by molar-refractivity contribution is 5.92. The Labute approximate surface area is 138 Å². The number of piperazine rings is 1. The van der Waals surface area contributed by atoms with Gasteiger partial charge in [-0.25, -0.2) is 9.78 Å². The smallest absolute Gasteiger partial charge is 0.350 e. The van der Waals surface area contributed by atoms with E-state index in [-0.39, 0.29) is 17.9 Å². The largest absolute Gasteiger partial charge is 0.462 e. The molecule has 1 aromatic heterocycles. The van der Waals surface area contributed by atoms with Crippen LogP contribution in [0.1, 0.15) is 6.92 Å². The van der Waals surface area contributed by atoms with Crippen LogP contribution in [0.3, 0.4) is 0 Å². The number of esters is 1. The third kappa shape index (κ3) is 4.19. The van der Waals surface area contributed by atoms with Gasteiger partial charge in [0, 0.05) is 18.3 Å². The highest BCUT2D eigenvalue weighted by atomic mass is 16.6. The zero-order valence-electron chi connectivity index (χ0n) is 13.3. The van der Waals surface area contributed by atoms with Crippen LogP contribution in [-0.2, 0) is 9.53 Å². The molecule has 126 valence electrons. The lowest BCUT2D eigenvalue weighted by Gasteiger charge is -2.30. The molecule has 1 N–H and O–H groups in total. The summed E-state index contributed by atoms with van der Waals surface area (Å²) in [4.78, 5) is 28.7. The van der Waals surface area contributed by atoms with Crippen molar-refractivity contribution >= 4 is 17.5 Å². The summed E-state index contributed by atoms with van der Waals surface area (Å²) in [5.74, 6) is 0.168. The molecule has 0 aromatic carbocycles. The van der Waals surface area contributed by atoms with Gasteiger partial charge in [0.2, 0.25) is 0 Å². The fourth-order valence-corrected chi connectivity index (χ4v) is 2.33. The number of nitriles is 1. The number of anilines is 1. The maximum atomic E-state index is 11.6. The van der Waals surface area contributed by atoms with Gasteiger partial charge in [0.25, 0.3) is 5.82 Å². The molecule has 1 fully saturated rings. The second kappa shape index (κ2) is 7.92. The molecule has 24 heavy (non-hydrogen) atoms. The van der Waals surface area contributed by atoms with Crippen LogP contribution in [0, 0.1) is 21.4 Å². The summed E-state index contributed by atoms with van der Waals surface area (Å²) in [6.45, 7) is 4.47. The molecule has 0 spiro atoms. The Morgan fingerprint density at radius 1 is 1.46 bits per heavy atom. The number of carbonyl (C=O) groups excluding carboxylic acids is 1. The molecule has 2 rings (SSSR count). The third-order valence-electron chi connectivity index (χ3n) is 3.57. The molecule has 2 heterocycles. The number of H-pyrrole nitrogens is 1. The predicted octanol–water partition coefficient (Wildman–Crippen LogP) is 0.501. The van der Waals surface area contributed by atoms with Gasteiger partial charge in [-0.05, 0) is 6.92 Å². The number of aromatic nitrogens is 1. The van der Waals surface area contributed by atoms with Gasteiger partial charge in [-0.1, -0.05) is 0 Å². The first kappa shape index (κ1) is 17.2. The number of ether oxygens (including phenoxy) is 1. The maximum absolute atomic E-state index is 11.6. The maximum Gasteiger partial charge on any atom is 0.350 e. The van der Waals surface area contributed by atoms with Crippen molar-refractivity contribution in [2.45, 2.75) is 6.92 Å². The highest BCUT2D eigenvalue weighted by Crippen LogP contribution is 2.15. The number of rotatable bonds is 5. The first-order valence-corrected chi connectivity index (χ1v) is 7.49. The first-order chi connectivity index (χ1) is 11.5. The Morgan fingerprint density at radius 2 is 2.17 bits per heavy atom. The molecule has 0 radical (unpaired) electrons. The quantitative estimate of drug-likeness (QED) is 0.253. The van der Waals surface area contributed by atoms with E-state index in [1.807, 2.05) is 15.9 Å². The minimum absolute atomic E-state index is 0.00779. The lowest BCUT2D eigenvalue weighted by atomic mass is 10.2. The molecule has 1 aliphatic heterocycles. The van der Waals surface area contributed by atoms with Gasteiger partial charge in [-0.3, -0.25) is 15.0 Å². The molecule has 9 nitrogen and oxygen atoms in total. The number of nitrogens with one attached hydrogen (secondary N) is 1. The van der Waals surface area contributed by atoms with Crippen LogP contribution in [0.2, 0.25) is 0 Å². The zero-order valence-corrected chi connectivity index (χ0v) is 13.3. The van der Waals surface area contributed by atoms with E-state index in [2.05, 4.69) is 4.98 Å². The van der Waals surface area contributed by atoms with Crippen LogP contribution >= 0.6 is 0 Å². The molecule has 1 aliphatic rings. The Bertz CT molecular complexity index is 672. The second-order valence-corrected chi connectivity index (χ2v) is 5.09. The van der Waals surface area contributed by atoms with Gasteiger partial charge >= 0.3 is 11.7 Å². The van der Waals surface area contributed by atoms with E-state index in [9.17, 15) is 14.9 Å². The topological polar surface area (TPSA) is 114 Å². The molecule has 1 saturated heterocycles. The van der Waals surface area contributed by atoms with Crippen LogP contribution in [-0.4, -0.2) is 48.6 Å². The van der Waals surface area contributed by atoms with Gasteiger partial charge in [0.1, 0.15) is 19.2 Å². The molecule has 1 aromatic rings. The van der Waals surface area contributed by atoms with Gasteiger partial charge in [-0.15, -0.1) is 0 Å². The summed E-state index contributed by atoms with van der Waals surface area (Å²) < 4.78 is 4.83. The van der Waals surface area contributed by atoms with E-state index >= 15 is 0 Å². The van der Waals surface area contributed by atoms with E-state index in [1.165, 1.54) is 18.5 Å². The number of pyridine rings is 1. The van der Waals surface area contributed by atoms with Crippen LogP contribution in [0.5, 0.6) is 0 Å². The van der Waals surface area contributed by atoms with E-state index in [1.54, 1.807) is 13.0 Å². The van der Waals surface area contributed by atoms with Crippen molar-refractivity contribution in [2.24, 2.45) is 0 Å². The minimum Gasteiger partial charge on any atom is -0.462 e. The molecule has 0 amide bonds. The average molecular weight is 332 g/mol. The fraction of sp³-hybridized carbons (Fsp3) is 0.400. The van der Waals surface area contributed by atoms with E-state index in [4.69, 9.17) is 10.00 Å². The Morgan fingerprint density at radius 3 is 2.67 bits per heavy atom. The van der Waals surface area contributed by atoms with Crippen LogP contribution in [0.4, 0.5) is 11.5 Å². The lowest BCUT2D eigenvalue weighted by Crippen LogP contribution is -2.46. The molecule has 0 atom stereocenters. The van der Waals surface area contributed by atoms with Crippen molar-refractivity contribution in [2.75, 3.05) is 37.7 Å². The van der Waals surface area contributed by atoms with Gasteiger partial charge in [0.15, 0.2) is 11.8 Å². The monoisotopic (exact) mass is 332 g/mol. The lowest BCUT2D eigenvalue weighted by molar-refractivity contribution is -0.414. The van der Waals surface area contributed by atoms with Gasteiger partial charge in [0.05, 0.1) is 24.6 Å². The van der Waals surface area contributed by atoms with Crippen LogP contribution in [0.25, 0.3) is 0 Å². The van der Waals surface area contributed by atoms with Crippen molar-refractivity contribution in [3.63, 3.8) is 0 Å². The van der Waals surface area contributed by atoms with Crippen molar-refractivity contribution in [1.29, 1.82) is 5.26 Å². The van der Waals surface area contributed by atoms with E-state index < -0.39 is 10.9 Å². The summed E-state index contributed by atoms with van der Waals surface area (Å²) in [7, 11) is 0. The SMILES string of the molecule is CCOC(=O)/C(C#N)=C/N1CCN(c2ccc([N+](=O)[O-])c[nH+]2)CC1. The Balaban J connectivity index is 1.96. The van der Waals surface area contributed by atoms with Crippen LogP contribution in [0.15, 0.2) is 30.1 Å². The number of hydrogen-bond acceptors (Lipinski definition) is 7. The van der Waals surface area contributed by atoms with Gasteiger partial charge < -0.3 is 9.64 Å². The Hall–Kier alpha value is -3.15. The number of carbonyl (C=O) groups is 1. The minimum atomic E-state index is -0.619. The van der Waals surface area contributed by atoms with Crippen molar-refractivity contribution < 1.29 is 19.4 Å². The number of aromatic amines is 1. The van der Waals surface area contributed by atoms with E-state index in [0.29, 0.717) is 26.2 Å². The Kier molecular flexibility index (Phi) is 5.68. The van der Waals surface area contributed by atoms with E-state index in [0.717, 1.165) is 5.82 Å². The van der Waals surface area contributed by atoms with Crippen molar-refractivity contribution in [1.82, 2.24) is 4.90 Å². The molecule has 0 saturated carbocycles. The third-order valence-corrected chi connectivity index (χ3v) is 3.57. The average Bonchev–Trinajstić information content (AvgIpc) is 2.60. The number of nitrogens with zero attached hydrogens (tertiary/aromatic N) is 4. The predicted molar refractivity (Wildman–Crippen MR) is 83.8 cm³/mol. The fourth-order valence-electron chi connectivity index (χ4n) is 2.33. The zero-order chi connectivity index (χ0) is 17.5.